The molecule has 0 bridgehead atoms. The zero-order valence-electron chi connectivity index (χ0n) is 11.1. The molecule has 2 aromatic rings. The van der Waals surface area contributed by atoms with Crippen molar-refractivity contribution in [2.24, 2.45) is 0 Å². The number of hydrogen-bond donors (Lipinski definition) is 1. The van der Waals surface area contributed by atoms with Gasteiger partial charge in [-0.05, 0) is 23.6 Å². The minimum atomic E-state index is -0.493. The SMILES string of the molecule is COC(=O)c1sccc1NC(=O)COc1ccccc1Cl. The summed E-state index contributed by atoms with van der Waals surface area (Å²) < 4.78 is 9.95. The third-order valence-corrected chi connectivity index (χ3v) is 3.71. The summed E-state index contributed by atoms with van der Waals surface area (Å²) in [4.78, 5) is 23.7. The van der Waals surface area contributed by atoms with Gasteiger partial charge in [0.15, 0.2) is 6.61 Å². The van der Waals surface area contributed by atoms with Crippen LogP contribution in [-0.4, -0.2) is 25.6 Å². The lowest BCUT2D eigenvalue weighted by Gasteiger charge is -2.08. The van der Waals surface area contributed by atoms with Crippen molar-refractivity contribution in [3.63, 3.8) is 0 Å². The molecule has 2 rings (SSSR count). The van der Waals surface area contributed by atoms with Crippen LogP contribution >= 0.6 is 22.9 Å². The van der Waals surface area contributed by atoms with E-state index in [2.05, 4.69) is 10.1 Å². The molecule has 0 fully saturated rings. The van der Waals surface area contributed by atoms with E-state index in [9.17, 15) is 9.59 Å². The number of esters is 1. The van der Waals surface area contributed by atoms with Crippen LogP contribution < -0.4 is 10.1 Å². The minimum Gasteiger partial charge on any atom is -0.482 e. The third kappa shape index (κ3) is 3.96. The Kier molecular flexibility index (Phi) is 5.19. The van der Waals surface area contributed by atoms with Gasteiger partial charge in [-0.2, -0.15) is 0 Å². The lowest BCUT2D eigenvalue weighted by atomic mass is 10.3. The van der Waals surface area contributed by atoms with Gasteiger partial charge in [-0.3, -0.25) is 4.79 Å². The summed E-state index contributed by atoms with van der Waals surface area (Å²) in [5, 5.41) is 4.72. The van der Waals surface area contributed by atoms with Gasteiger partial charge < -0.3 is 14.8 Å². The Bertz CT molecular complexity index is 656. The molecular weight excluding hydrogens is 314 g/mol. The highest BCUT2D eigenvalue weighted by molar-refractivity contribution is 7.12. The maximum atomic E-state index is 11.8. The van der Waals surface area contributed by atoms with Crippen LogP contribution in [0.5, 0.6) is 5.75 Å². The van der Waals surface area contributed by atoms with Crippen molar-refractivity contribution in [2.75, 3.05) is 19.0 Å². The molecule has 5 nitrogen and oxygen atoms in total. The van der Waals surface area contributed by atoms with Crippen LogP contribution in [0, 0.1) is 0 Å². The highest BCUT2D eigenvalue weighted by Gasteiger charge is 2.15. The molecule has 0 aliphatic carbocycles. The van der Waals surface area contributed by atoms with Crippen LogP contribution in [0.4, 0.5) is 5.69 Å². The molecule has 1 heterocycles. The number of methoxy groups -OCH3 is 1. The van der Waals surface area contributed by atoms with Crippen molar-refractivity contribution in [1.82, 2.24) is 0 Å². The van der Waals surface area contributed by atoms with Gasteiger partial charge >= 0.3 is 5.97 Å². The van der Waals surface area contributed by atoms with E-state index < -0.39 is 11.9 Å². The van der Waals surface area contributed by atoms with Crippen molar-refractivity contribution in [2.45, 2.75) is 0 Å². The summed E-state index contributed by atoms with van der Waals surface area (Å²) in [6.45, 7) is -0.208. The number of amides is 1. The Morgan fingerprint density at radius 1 is 1.29 bits per heavy atom. The van der Waals surface area contributed by atoms with Crippen molar-refractivity contribution < 1.29 is 19.1 Å². The van der Waals surface area contributed by atoms with Gasteiger partial charge in [0.1, 0.15) is 10.6 Å². The number of ether oxygens (including phenoxy) is 2. The van der Waals surface area contributed by atoms with Crippen molar-refractivity contribution >= 4 is 40.5 Å². The monoisotopic (exact) mass is 325 g/mol. The first-order valence-electron chi connectivity index (χ1n) is 5.95. The Balaban J connectivity index is 1.95. The number of rotatable bonds is 5. The second-order valence-corrected chi connectivity index (χ2v) is 5.25. The molecule has 110 valence electrons. The van der Waals surface area contributed by atoms with E-state index in [0.29, 0.717) is 21.3 Å². The highest BCUT2D eigenvalue weighted by atomic mass is 35.5. The largest absolute Gasteiger partial charge is 0.482 e. The molecule has 0 spiro atoms. The predicted octanol–water partition coefficient (Wildman–Crippen LogP) is 3.21. The predicted molar refractivity (Wildman–Crippen MR) is 81.2 cm³/mol. The molecule has 1 aromatic carbocycles. The van der Waals surface area contributed by atoms with Gasteiger partial charge in [-0.25, -0.2) is 4.79 Å². The maximum Gasteiger partial charge on any atom is 0.350 e. The fraction of sp³-hybridized carbons (Fsp3) is 0.143. The number of para-hydroxylation sites is 1. The first kappa shape index (κ1) is 15.3. The molecule has 0 saturated heterocycles. The fourth-order valence-electron chi connectivity index (χ4n) is 1.55. The minimum absolute atomic E-state index is 0.208. The average Bonchev–Trinajstić information content (AvgIpc) is 2.93. The van der Waals surface area contributed by atoms with Gasteiger partial charge in [0.25, 0.3) is 5.91 Å². The molecule has 1 aromatic heterocycles. The summed E-state index contributed by atoms with van der Waals surface area (Å²) in [5.74, 6) is -0.460. The second-order valence-electron chi connectivity index (χ2n) is 3.92. The van der Waals surface area contributed by atoms with Gasteiger partial charge in [0.2, 0.25) is 0 Å². The van der Waals surface area contributed by atoms with Gasteiger partial charge in [-0.15, -0.1) is 11.3 Å². The number of carbonyl (C=O) groups is 2. The molecule has 0 aliphatic heterocycles. The lowest BCUT2D eigenvalue weighted by molar-refractivity contribution is -0.118. The van der Waals surface area contributed by atoms with Crippen LogP contribution in [0.3, 0.4) is 0 Å². The van der Waals surface area contributed by atoms with Crippen LogP contribution in [0.25, 0.3) is 0 Å². The van der Waals surface area contributed by atoms with Crippen molar-refractivity contribution in [1.29, 1.82) is 0 Å². The number of nitrogens with one attached hydrogen (secondary N) is 1. The van der Waals surface area contributed by atoms with E-state index >= 15 is 0 Å². The van der Waals surface area contributed by atoms with Crippen LogP contribution in [0.1, 0.15) is 9.67 Å². The molecule has 0 unspecified atom stereocenters. The Morgan fingerprint density at radius 3 is 2.76 bits per heavy atom. The van der Waals surface area contributed by atoms with E-state index in [4.69, 9.17) is 16.3 Å². The number of halogens is 1. The summed E-state index contributed by atoms with van der Waals surface area (Å²) >= 11 is 7.11. The van der Waals surface area contributed by atoms with E-state index in [0.717, 1.165) is 0 Å². The molecule has 1 amide bonds. The van der Waals surface area contributed by atoms with Crippen LogP contribution in [0.15, 0.2) is 35.7 Å². The Morgan fingerprint density at radius 2 is 2.05 bits per heavy atom. The van der Waals surface area contributed by atoms with Crippen LogP contribution in [-0.2, 0) is 9.53 Å². The molecule has 21 heavy (non-hydrogen) atoms. The molecular formula is C14H12ClNO4S. The molecule has 0 aliphatic rings. The number of thiophene rings is 1. The molecule has 7 heteroatoms. The zero-order valence-corrected chi connectivity index (χ0v) is 12.7. The van der Waals surface area contributed by atoms with Gasteiger partial charge in [0, 0.05) is 0 Å². The summed E-state index contributed by atoms with van der Waals surface area (Å²) in [6.07, 6.45) is 0. The van der Waals surface area contributed by atoms with Gasteiger partial charge in [0.05, 0.1) is 17.8 Å². The lowest BCUT2D eigenvalue weighted by Crippen LogP contribution is -2.21. The summed E-state index contributed by atoms with van der Waals surface area (Å²) in [5.41, 5.74) is 0.402. The smallest absolute Gasteiger partial charge is 0.350 e. The number of benzene rings is 1. The fourth-order valence-corrected chi connectivity index (χ4v) is 2.51. The number of carbonyl (C=O) groups excluding carboxylic acids is 2. The average molecular weight is 326 g/mol. The van der Waals surface area contributed by atoms with E-state index in [1.807, 2.05) is 0 Å². The van der Waals surface area contributed by atoms with E-state index in [-0.39, 0.29) is 6.61 Å². The number of anilines is 1. The molecule has 0 atom stereocenters. The van der Waals surface area contributed by atoms with E-state index in [1.54, 1.807) is 35.7 Å². The first-order valence-corrected chi connectivity index (χ1v) is 7.20. The molecule has 1 N–H and O–H groups in total. The third-order valence-electron chi connectivity index (χ3n) is 2.51. The van der Waals surface area contributed by atoms with Crippen molar-refractivity contribution in [3.8, 4) is 5.75 Å². The summed E-state index contributed by atoms with van der Waals surface area (Å²) in [6, 6.07) is 8.49. The standard InChI is InChI=1S/C14H12ClNO4S/c1-19-14(18)13-10(6-7-21-13)16-12(17)8-20-11-5-3-2-4-9(11)15/h2-7H,8H2,1H3,(H,16,17). The van der Waals surface area contributed by atoms with Crippen LogP contribution in [0.2, 0.25) is 5.02 Å². The zero-order chi connectivity index (χ0) is 15.2. The van der Waals surface area contributed by atoms with E-state index in [1.165, 1.54) is 18.4 Å². The highest BCUT2D eigenvalue weighted by Crippen LogP contribution is 2.24. The maximum absolute atomic E-state index is 11.8. The molecule has 0 saturated carbocycles. The van der Waals surface area contributed by atoms with Crippen molar-refractivity contribution in [3.05, 3.63) is 45.6 Å². The Labute approximate surface area is 130 Å². The molecule has 0 radical (unpaired) electrons. The summed E-state index contributed by atoms with van der Waals surface area (Å²) in [7, 11) is 1.29. The topological polar surface area (TPSA) is 64.6 Å². The number of hydrogen-bond acceptors (Lipinski definition) is 5. The second kappa shape index (κ2) is 7.10. The normalized spacial score (nSPS) is 10.0. The quantitative estimate of drug-likeness (QED) is 0.857. The van der Waals surface area contributed by atoms with Gasteiger partial charge in [-0.1, -0.05) is 23.7 Å². The Hall–Kier alpha value is -2.05. The first-order chi connectivity index (χ1) is 10.1.